The van der Waals surface area contributed by atoms with Crippen LogP contribution in [0.4, 0.5) is 11.4 Å². The van der Waals surface area contributed by atoms with Gasteiger partial charge in [-0.2, -0.15) is 0 Å². The number of ether oxygens (including phenoxy) is 1. The normalized spacial score (nSPS) is 15.0. The first-order valence-electron chi connectivity index (χ1n) is 6.77. The van der Waals surface area contributed by atoms with Crippen LogP contribution in [0.3, 0.4) is 0 Å². The number of benzene rings is 1. The maximum absolute atomic E-state index is 12.1. The van der Waals surface area contributed by atoms with Gasteiger partial charge in [-0.1, -0.05) is 4.49 Å². The minimum atomic E-state index is -0.165. The molecular formula is C14H16N4O2S. The van der Waals surface area contributed by atoms with E-state index in [9.17, 15) is 4.79 Å². The van der Waals surface area contributed by atoms with E-state index < -0.39 is 0 Å². The van der Waals surface area contributed by atoms with Gasteiger partial charge in [-0.05, 0) is 42.7 Å². The van der Waals surface area contributed by atoms with E-state index in [1.165, 1.54) is 0 Å². The third kappa shape index (κ3) is 3.20. The molecule has 0 atom stereocenters. The van der Waals surface area contributed by atoms with Gasteiger partial charge in [-0.25, -0.2) is 0 Å². The molecule has 2 aromatic rings. The van der Waals surface area contributed by atoms with Crippen molar-refractivity contribution in [2.24, 2.45) is 0 Å². The van der Waals surface area contributed by atoms with Crippen LogP contribution >= 0.6 is 11.5 Å². The van der Waals surface area contributed by atoms with E-state index in [2.05, 4.69) is 19.8 Å². The lowest BCUT2D eigenvalue weighted by Gasteiger charge is -2.28. The molecule has 1 aromatic carbocycles. The molecule has 1 N–H and O–H groups in total. The van der Waals surface area contributed by atoms with Gasteiger partial charge in [-0.3, -0.25) is 4.79 Å². The highest BCUT2D eigenvalue weighted by atomic mass is 32.1. The number of carbonyl (C=O) groups excluding carboxylic acids is 1. The van der Waals surface area contributed by atoms with Crippen molar-refractivity contribution < 1.29 is 9.53 Å². The number of rotatable bonds is 3. The zero-order chi connectivity index (χ0) is 14.7. The number of aryl methyl sites for hydroxylation is 1. The van der Waals surface area contributed by atoms with Crippen LogP contribution in [0.25, 0.3) is 0 Å². The summed E-state index contributed by atoms with van der Waals surface area (Å²) in [5.41, 5.74) is 2.57. The van der Waals surface area contributed by atoms with Crippen LogP contribution in [-0.2, 0) is 4.74 Å². The van der Waals surface area contributed by atoms with Crippen molar-refractivity contribution in [3.05, 3.63) is 34.8 Å². The third-order valence-electron chi connectivity index (χ3n) is 3.36. The Balaban J connectivity index is 1.67. The fourth-order valence-electron chi connectivity index (χ4n) is 2.20. The van der Waals surface area contributed by atoms with Gasteiger partial charge in [0.2, 0.25) is 0 Å². The molecule has 1 aliphatic heterocycles. The zero-order valence-corrected chi connectivity index (χ0v) is 12.5. The molecule has 110 valence electrons. The van der Waals surface area contributed by atoms with Gasteiger partial charge in [0.05, 0.1) is 18.9 Å². The summed E-state index contributed by atoms with van der Waals surface area (Å²) in [6.45, 7) is 5.10. The average Bonchev–Trinajstić information content (AvgIpc) is 2.95. The van der Waals surface area contributed by atoms with Crippen molar-refractivity contribution in [2.45, 2.75) is 6.92 Å². The summed E-state index contributed by atoms with van der Waals surface area (Å²) in [7, 11) is 0. The van der Waals surface area contributed by atoms with Gasteiger partial charge in [-0.15, -0.1) is 5.10 Å². The topological polar surface area (TPSA) is 67.4 Å². The molecule has 1 aliphatic rings. The van der Waals surface area contributed by atoms with E-state index in [0.717, 1.165) is 49.2 Å². The second kappa shape index (κ2) is 6.19. The van der Waals surface area contributed by atoms with Gasteiger partial charge in [0.1, 0.15) is 4.88 Å². The molecule has 0 spiro atoms. The fraction of sp³-hybridized carbons (Fsp3) is 0.357. The van der Waals surface area contributed by atoms with Crippen molar-refractivity contribution in [2.75, 3.05) is 36.5 Å². The van der Waals surface area contributed by atoms with Crippen LogP contribution in [0, 0.1) is 6.92 Å². The highest BCUT2D eigenvalue weighted by Gasteiger charge is 2.14. The van der Waals surface area contributed by atoms with Crippen molar-refractivity contribution in [1.82, 2.24) is 9.59 Å². The van der Waals surface area contributed by atoms with Crippen molar-refractivity contribution >= 4 is 28.8 Å². The molecule has 0 aliphatic carbocycles. The molecule has 1 aromatic heterocycles. The Kier molecular flexibility index (Phi) is 4.12. The maximum atomic E-state index is 12.1. The van der Waals surface area contributed by atoms with Crippen LogP contribution < -0.4 is 10.2 Å². The Bertz CT molecular complexity index is 620. The van der Waals surface area contributed by atoms with E-state index in [-0.39, 0.29) is 5.91 Å². The molecule has 21 heavy (non-hydrogen) atoms. The minimum absolute atomic E-state index is 0.165. The Morgan fingerprint density at radius 3 is 2.62 bits per heavy atom. The second-order valence-electron chi connectivity index (χ2n) is 4.79. The Labute approximate surface area is 126 Å². The number of anilines is 2. The van der Waals surface area contributed by atoms with Gasteiger partial charge in [0.15, 0.2) is 0 Å². The van der Waals surface area contributed by atoms with Gasteiger partial charge in [0.25, 0.3) is 5.91 Å². The number of carbonyl (C=O) groups is 1. The fourth-order valence-corrected chi connectivity index (χ4v) is 2.76. The lowest BCUT2D eigenvalue weighted by molar-refractivity contribution is 0.103. The molecule has 1 saturated heterocycles. The number of hydrogen-bond acceptors (Lipinski definition) is 6. The highest BCUT2D eigenvalue weighted by molar-refractivity contribution is 7.08. The number of nitrogens with one attached hydrogen (secondary N) is 1. The molecular weight excluding hydrogens is 288 g/mol. The first kappa shape index (κ1) is 14.0. The summed E-state index contributed by atoms with van der Waals surface area (Å²) in [6, 6.07) is 7.84. The smallest absolute Gasteiger partial charge is 0.269 e. The molecule has 2 heterocycles. The summed E-state index contributed by atoms with van der Waals surface area (Å²) in [5.74, 6) is -0.165. The van der Waals surface area contributed by atoms with Crippen molar-refractivity contribution in [3.8, 4) is 0 Å². The number of amides is 1. The zero-order valence-electron chi connectivity index (χ0n) is 11.7. The number of hydrogen-bond donors (Lipinski definition) is 1. The lowest BCUT2D eigenvalue weighted by Crippen LogP contribution is -2.36. The summed E-state index contributed by atoms with van der Waals surface area (Å²) in [4.78, 5) is 14.9. The average molecular weight is 304 g/mol. The monoisotopic (exact) mass is 304 g/mol. The summed E-state index contributed by atoms with van der Waals surface area (Å²) in [6.07, 6.45) is 0. The molecule has 7 heteroatoms. The third-order valence-corrected chi connectivity index (χ3v) is 4.19. The highest BCUT2D eigenvalue weighted by Crippen LogP contribution is 2.20. The van der Waals surface area contributed by atoms with Gasteiger partial charge in [0, 0.05) is 24.5 Å². The predicted octanol–water partition coefficient (Wildman–Crippen LogP) is 1.94. The van der Waals surface area contributed by atoms with Crippen molar-refractivity contribution in [1.29, 1.82) is 0 Å². The Morgan fingerprint density at radius 2 is 2.00 bits per heavy atom. The van der Waals surface area contributed by atoms with Crippen LogP contribution in [0.1, 0.15) is 15.4 Å². The van der Waals surface area contributed by atoms with E-state index in [1.807, 2.05) is 24.3 Å². The van der Waals surface area contributed by atoms with E-state index in [0.29, 0.717) is 10.6 Å². The predicted molar refractivity (Wildman–Crippen MR) is 82.1 cm³/mol. The Hall–Kier alpha value is -1.99. The van der Waals surface area contributed by atoms with Crippen molar-refractivity contribution in [3.63, 3.8) is 0 Å². The van der Waals surface area contributed by atoms with Crippen LogP contribution in [0.2, 0.25) is 0 Å². The number of nitrogens with zero attached hydrogens (tertiary/aromatic N) is 3. The second-order valence-corrected chi connectivity index (χ2v) is 5.54. The van der Waals surface area contributed by atoms with E-state index >= 15 is 0 Å². The molecule has 0 unspecified atom stereocenters. The standard InChI is InChI=1S/C14H16N4O2S/c1-10-13(21-17-16-10)14(19)15-11-2-4-12(5-3-11)18-6-8-20-9-7-18/h2-5H,6-9H2,1H3,(H,15,19). The quantitative estimate of drug-likeness (QED) is 0.938. The largest absolute Gasteiger partial charge is 0.378 e. The van der Waals surface area contributed by atoms with E-state index in [4.69, 9.17) is 4.74 Å². The SMILES string of the molecule is Cc1nnsc1C(=O)Nc1ccc(N2CCOCC2)cc1. The molecule has 0 bridgehead atoms. The molecule has 1 fully saturated rings. The van der Waals surface area contributed by atoms with Gasteiger partial charge < -0.3 is 15.0 Å². The first-order valence-corrected chi connectivity index (χ1v) is 7.54. The molecule has 0 radical (unpaired) electrons. The van der Waals surface area contributed by atoms with Crippen LogP contribution in [-0.4, -0.2) is 41.8 Å². The lowest BCUT2D eigenvalue weighted by atomic mass is 10.2. The molecule has 3 rings (SSSR count). The van der Waals surface area contributed by atoms with Crippen LogP contribution in [0.5, 0.6) is 0 Å². The molecule has 1 amide bonds. The summed E-state index contributed by atoms with van der Waals surface area (Å²) < 4.78 is 9.11. The minimum Gasteiger partial charge on any atom is -0.378 e. The Morgan fingerprint density at radius 1 is 1.29 bits per heavy atom. The summed E-state index contributed by atoms with van der Waals surface area (Å²) >= 11 is 1.11. The maximum Gasteiger partial charge on any atom is 0.269 e. The van der Waals surface area contributed by atoms with E-state index in [1.54, 1.807) is 6.92 Å². The first-order chi connectivity index (χ1) is 10.2. The summed E-state index contributed by atoms with van der Waals surface area (Å²) in [5, 5.41) is 6.71. The molecule has 6 nitrogen and oxygen atoms in total. The number of morpholine rings is 1. The van der Waals surface area contributed by atoms with Crippen LogP contribution in [0.15, 0.2) is 24.3 Å². The molecule has 0 saturated carbocycles. The number of aromatic nitrogens is 2. The van der Waals surface area contributed by atoms with Gasteiger partial charge >= 0.3 is 0 Å².